The molecule has 5 nitrogen and oxygen atoms in total. The van der Waals surface area contributed by atoms with Gasteiger partial charge in [0.15, 0.2) is 5.96 Å². The van der Waals surface area contributed by atoms with Gasteiger partial charge in [-0.15, -0.1) is 0 Å². The van der Waals surface area contributed by atoms with Gasteiger partial charge < -0.3 is 20.1 Å². The van der Waals surface area contributed by atoms with Gasteiger partial charge in [0.1, 0.15) is 5.75 Å². The number of nitrogens with one attached hydrogen (secondary N) is 2. The lowest BCUT2D eigenvalue weighted by atomic mass is 10.1. The van der Waals surface area contributed by atoms with Gasteiger partial charge in [0.05, 0.1) is 18.3 Å². The summed E-state index contributed by atoms with van der Waals surface area (Å²) in [7, 11) is 3.13. The van der Waals surface area contributed by atoms with Crippen molar-refractivity contribution in [1.29, 1.82) is 0 Å². The van der Waals surface area contributed by atoms with E-state index in [-0.39, 0.29) is 30.0 Å². The smallest absolute Gasteiger partial charge is 0.416 e. The predicted octanol–water partition coefficient (Wildman–Crippen LogP) is 3.19. The van der Waals surface area contributed by atoms with Gasteiger partial charge in [0.25, 0.3) is 0 Å². The highest BCUT2D eigenvalue weighted by Crippen LogP contribution is 2.34. The van der Waals surface area contributed by atoms with Gasteiger partial charge in [0.2, 0.25) is 0 Å². The van der Waals surface area contributed by atoms with E-state index in [0.717, 1.165) is 6.07 Å². The van der Waals surface area contributed by atoms with E-state index in [1.54, 1.807) is 28.0 Å². The van der Waals surface area contributed by atoms with Crippen molar-refractivity contribution in [3.63, 3.8) is 0 Å². The van der Waals surface area contributed by atoms with Crippen LogP contribution in [0.25, 0.3) is 0 Å². The van der Waals surface area contributed by atoms with Gasteiger partial charge in [-0.2, -0.15) is 13.2 Å². The van der Waals surface area contributed by atoms with Crippen LogP contribution in [-0.4, -0.2) is 38.9 Å². The van der Waals surface area contributed by atoms with Crippen LogP contribution in [0.4, 0.5) is 13.2 Å². The van der Waals surface area contributed by atoms with Crippen molar-refractivity contribution in [2.24, 2.45) is 4.99 Å². The van der Waals surface area contributed by atoms with Crippen LogP contribution >= 0.6 is 0 Å². The molecule has 2 N–H and O–H groups in total. The fourth-order valence-electron chi connectivity index (χ4n) is 2.22. The number of alkyl halides is 3. The Hall–Kier alpha value is -1.96. The van der Waals surface area contributed by atoms with Crippen molar-refractivity contribution in [2.45, 2.75) is 45.6 Å². The zero-order valence-corrected chi connectivity index (χ0v) is 15.2. The number of benzene rings is 1. The first-order valence-corrected chi connectivity index (χ1v) is 8.00. The molecule has 0 fully saturated rings. The third kappa shape index (κ3) is 7.21. The largest absolute Gasteiger partial charge is 0.491 e. The molecule has 1 unspecified atom stereocenters. The SMILES string of the molecule is CN=C(NCc1ccc(OC(C)C)cc1C(F)(F)F)NC(C)COC. The summed E-state index contributed by atoms with van der Waals surface area (Å²) in [5, 5.41) is 5.93. The average molecular weight is 361 g/mol. The molecule has 0 spiro atoms. The van der Waals surface area contributed by atoms with E-state index in [1.807, 2.05) is 6.92 Å². The van der Waals surface area contributed by atoms with Crippen molar-refractivity contribution in [1.82, 2.24) is 10.6 Å². The Kier molecular flexibility index (Phi) is 8.02. The predicted molar refractivity (Wildman–Crippen MR) is 91.9 cm³/mol. The number of ether oxygens (including phenoxy) is 2. The van der Waals surface area contributed by atoms with Crippen LogP contribution in [0.5, 0.6) is 5.75 Å². The summed E-state index contributed by atoms with van der Waals surface area (Å²) < 4.78 is 50.4. The molecule has 0 radical (unpaired) electrons. The molecule has 0 aliphatic carbocycles. The van der Waals surface area contributed by atoms with Gasteiger partial charge in [-0.25, -0.2) is 0 Å². The van der Waals surface area contributed by atoms with E-state index in [2.05, 4.69) is 15.6 Å². The molecule has 0 aliphatic heterocycles. The van der Waals surface area contributed by atoms with Crippen LogP contribution in [0.3, 0.4) is 0 Å². The van der Waals surface area contributed by atoms with E-state index in [0.29, 0.717) is 12.6 Å². The second kappa shape index (κ2) is 9.50. The molecule has 0 amide bonds. The number of rotatable bonds is 7. The number of halogens is 3. The summed E-state index contributed by atoms with van der Waals surface area (Å²) in [5.41, 5.74) is -0.607. The Labute approximate surface area is 146 Å². The monoisotopic (exact) mass is 361 g/mol. The van der Waals surface area contributed by atoms with E-state index in [4.69, 9.17) is 9.47 Å². The van der Waals surface area contributed by atoms with E-state index >= 15 is 0 Å². The molecule has 0 saturated heterocycles. The fourth-order valence-corrected chi connectivity index (χ4v) is 2.22. The van der Waals surface area contributed by atoms with Gasteiger partial charge in [-0.1, -0.05) is 6.07 Å². The lowest BCUT2D eigenvalue weighted by Crippen LogP contribution is -2.43. The first-order valence-electron chi connectivity index (χ1n) is 8.00. The summed E-state index contributed by atoms with van der Waals surface area (Å²) in [6.45, 7) is 5.85. The quantitative estimate of drug-likeness (QED) is 0.579. The highest BCUT2D eigenvalue weighted by atomic mass is 19.4. The Bertz CT molecular complexity index is 575. The van der Waals surface area contributed by atoms with E-state index in [1.165, 1.54) is 12.1 Å². The van der Waals surface area contributed by atoms with Crippen molar-refractivity contribution >= 4 is 5.96 Å². The van der Waals surface area contributed by atoms with Crippen molar-refractivity contribution in [3.8, 4) is 5.75 Å². The first kappa shape index (κ1) is 21.1. The standard InChI is InChI=1S/C17H26F3N3O2/c1-11(2)25-14-7-6-13(15(8-14)17(18,19)20)9-22-16(21-4)23-12(3)10-24-5/h6-8,11-12H,9-10H2,1-5H3,(H2,21,22,23). The maximum absolute atomic E-state index is 13.3. The molecule has 1 rings (SSSR count). The molecule has 0 saturated carbocycles. The van der Waals surface area contributed by atoms with Gasteiger partial charge in [-0.3, -0.25) is 4.99 Å². The molecular weight excluding hydrogens is 335 g/mol. The zero-order valence-electron chi connectivity index (χ0n) is 15.2. The summed E-state index contributed by atoms with van der Waals surface area (Å²) in [5.74, 6) is 0.600. The first-order chi connectivity index (χ1) is 11.7. The fraction of sp³-hybridized carbons (Fsp3) is 0.588. The maximum Gasteiger partial charge on any atom is 0.416 e. The molecule has 25 heavy (non-hydrogen) atoms. The summed E-state index contributed by atoms with van der Waals surface area (Å²) in [6.07, 6.45) is -4.66. The number of methoxy groups -OCH3 is 1. The Morgan fingerprint density at radius 3 is 2.44 bits per heavy atom. The maximum atomic E-state index is 13.3. The summed E-state index contributed by atoms with van der Waals surface area (Å²) in [4.78, 5) is 4.01. The third-order valence-corrected chi connectivity index (χ3v) is 3.23. The molecule has 1 atom stereocenters. The molecule has 1 aromatic rings. The zero-order chi connectivity index (χ0) is 19.0. The van der Waals surface area contributed by atoms with Crippen LogP contribution in [-0.2, 0) is 17.5 Å². The van der Waals surface area contributed by atoms with Crippen molar-refractivity contribution in [2.75, 3.05) is 20.8 Å². The van der Waals surface area contributed by atoms with Crippen LogP contribution in [0.1, 0.15) is 31.9 Å². The number of aliphatic imine (C=N–C) groups is 1. The number of nitrogens with zero attached hydrogens (tertiary/aromatic N) is 1. The molecule has 142 valence electrons. The molecule has 0 aromatic heterocycles. The normalized spacial score (nSPS) is 13.7. The highest BCUT2D eigenvalue weighted by Gasteiger charge is 2.33. The molecule has 8 heteroatoms. The van der Waals surface area contributed by atoms with E-state index < -0.39 is 11.7 Å². The van der Waals surface area contributed by atoms with Crippen LogP contribution in [0, 0.1) is 0 Å². The molecule has 0 heterocycles. The van der Waals surface area contributed by atoms with E-state index in [9.17, 15) is 13.2 Å². The lowest BCUT2D eigenvalue weighted by molar-refractivity contribution is -0.138. The number of hydrogen-bond acceptors (Lipinski definition) is 3. The van der Waals surface area contributed by atoms with Crippen molar-refractivity contribution in [3.05, 3.63) is 29.3 Å². The Balaban J connectivity index is 2.89. The molecule has 0 aliphatic rings. The third-order valence-electron chi connectivity index (χ3n) is 3.23. The van der Waals surface area contributed by atoms with Crippen LogP contribution in [0.15, 0.2) is 23.2 Å². The van der Waals surface area contributed by atoms with Crippen molar-refractivity contribution < 1.29 is 22.6 Å². The summed E-state index contributed by atoms with van der Waals surface area (Å²) >= 11 is 0. The second-order valence-electron chi connectivity index (χ2n) is 5.91. The second-order valence-corrected chi connectivity index (χ2v) is 5.91. The number of guanidine groups is 1. The molecule has 0 bridgehead atoms. The Morgan fingerprint density at radius 2 is 1.92 bits per heavy atom. The Morgan fingerprint density at radius 1 is 1.24 bits per heavy atom. The average Bonchev–Trinajstić information content (AvgIpc) is 2.50. The minimum atomic E-state index is -4.46. The molecule has 1 aromatic carbocycles. The topological polar surface area (TPSA) is 54.9 Å². The van der Waals surface area contributed by atoms with Gasteiger partial charge in [-0.05, 0) is 38.5 Å². The van der Waals surface area contributed by atoms with Gasteiger partial charge >= 0.3 is 6.18 Å². The number of hydrogen-bond donors (Lipinski definition) is 2. The molecular formula is C17H26F3N3O2. The minimum Gasteiger partial charge on any atom is -0.491 e. The van der Waals surface area contributed by atoms with Gasteiger partial charge in [0, 0.05) is 26.7 Å². The highest BCUT2D eigenvalue weighted by molar-refractivity contribution is 5.79. The summed E-state index contributed by atoms with van der Waals surface area (Å²) in [6, 6.07) is 3.95. The lowest BCUT2D eigenvalue weighted by Gasteiger charge is -2.19. The minimum absolute atomic E-state index is 0.0177. The van der Waals surface area contributed by atoms with Crippen LogP contribution in [0.2, 0.25) is 0 Å². The van der Waals surface area contributed by atoms with Crippen LogP contribution < -0.4 is 15.4 Å².